The van der Waals surface area contributed by atoms with Crippen molar-refractivity contribution in [2.75, 3.05) is 6.61 Å². The van der Waals surface area contributed by atoms with Crippen molar-refractivity contribution in [2.24, 2.45) is 0 Å². The number of phenolic OH excluding ortho intramolecular Hbond substituents is 1. The number of carbonyl (C=O) groups is 1. The summed E-state index contributed by atoms with van der Waals surface area (Å²) in [6.45, 7) is 2.69. The minimum absolute atomic E-state index is 0.115. The second-order valence-electron chi connectivity index (χ2n) is 3.35. The van der Waals surface area contributed by atoms with Gasteiger partial charge in [0.2, 0.25) is 0 Å². The van der Waals surface area contributed by atoms with Gasteiger partial charge in [-0.1, -0.05) is 0 Å². The second kappa shape index (κ2) is 4.65. The zero-order valence-corrected chi connectivity index (χ0v) is 9.26. The first kappa shape index (κ1) is 13.3. The van der Waals surface area contributed by atoms with Crippen LogP contribution in [0.25, 0.3) is 0 Å². The molecule has 1 aromatic rings. The quantitative estimate of drug-likeness (QED) is 0.836. The first-order valence-corrected chi connectivity index (χ1v) is 4.85. The van der Waals surface area contributed by atoms with Crippen LogP contribution in [0.5, 0.6) is 11.5 Å². The summed E-state index contributed by atoms with van der Waals surface area (Å²) in [6, 6.07) is 1.41. The van der Waals surface area contributed by atoms with E-state index in [4.69, 9.17) is 4.74 Å². The van der Waals surface area contributed by atoms with Crippen LogP contribution >= 0.6 is 0 Å². The minimum atomic E-state index is -4.67. The number of hydrogen-bond donors (Lipinski definition) is 1. The average Bonchev–Trinajstić information content (AvgIpc) is 2.18. The molecule has 0 spiro atoms. The molecule has 1 N–H and O–H groups in total. The van der Waals surface area contributed by atoms with Crippen LogP contribution in [-0.4, -0.2) is 17.5 Å². The number of Topliss-reactive ketones (excluding diaryl/α,β-unsaturated/α-hetero) is 1. The molecule has 0 unspecified atom stereocenters. The van der Waals surface area contributed by atoms with Crippen LogP contribution in [0.1, 0.15) is 29.8 Å². The van der Waals surface area contributed by atoms with Gasteiger partial charge in [-0.25, -0.2) is 0 Å². The number of carbonyl (C=O) groups excluding carboxylic acids is 1. The Labute approximate surface area is 95.8 Å². The molecule has 0 fully saturated rings. The van der Waals surface area contributed by atoms with E-state index >= 15 is 0 Å². The average molecular weight is 248 g/mol. The van der Waals surface area contributed by atoms with E-state index in [2.05, 4.69) is 0 Å². The molecule has 0 aromatic heterocycles. The molecular formula is C11H11F3O3. The van der Waals surface area contributed by atoms with E-state index in [1.165, 1.54) is 0 Å². The third-order valence-corrected chi connectivity index (χ3v) is 2.08. The van der Waals surface area contributed by atoms with E-state index in [0.29, 0.717) is 6.07 Å². The van der Waals surface area contributed by atoms with Crippen molar-refractivity contribution in [1.82, 2.24) is 0 Å². The molecule has 0 amide bonds. The van der Waals surface area contributed by atoms with Gasteiger partial charge in [-0.15, -0.1) is 0 Å². The summed E-state index contributed by atoms with van der Waals surface area (Å²) in [7, 11) is 0. The Kier molecular flexibility index (Phi) is 3.65. The molecule has 0 aliphatic rings. The Morgan fingerprint density at radius 1 is 1.41 bits per heavy atom. The fraction of sp³-hybridized carbons (Fsp3) is 0.364. The van der Waals surface area contributed by atoms with Gasteiger partial charge in [0.15, 0.2) is 17.3 Å². The number of hydrogen-bond acceptors (Lipinski definition) is 3. The number of alkyl halides is 3. The Morgan fingerprint density at radius 2 is 2.00 bits per heavy atom. The van der Waals surface area contributed by atoms with Crippen LogP contribution in [0, 0.1) is 0 Å². The van der Waals surface area contributed by atoms with Crippen LogP contribution in [-0.2, 0) is 6.18 Å². The Balaban J connectivity index is 3.42. The smallest absolute Gasteiger partial charge is 0.417 e. The molecule has 94 valence electrons. The van der Waals surface area contributed by atoms with Crippen LogP contribution in [0.2, 0.25) is 0 Å². The highest BCUT2D eigenvalue weighted by Crippen LogP contribution is 2.38. The number of benzene rings is 1. The summed E-state index contributed by atoms with van der Waals surface area (Å²) in [5, 5.41) is 9.42. The van der Waals surface area contributed by atoms with Crippen molar-refractivity contribution in [3.63, 3.8) is 0 Å². The van der Waals surface area contributed by atoms with Gasteiger partial charge in [0.05, 0.1) is 12.2 Å². The van der Waals surface area contributed by atoms with Gasteiger partial charge in [0, 0.05) is 5.56 Å². The van der Waals surface area contributed by atoms with Gasteiger partial charge < -0.3 is 9.84 Å². The largest absolute Gasteiger partial charge is 0.504 e. The maximum Gasteiger partial charge on any atom is 0.417 e. The standard InChI is InChI=1S/C11H11F3O3/c1-3-17-10-5-8(11(12,13)14)7(6(2)15)4-9(10)16/h4-5,16H,3H2,1-2H3. The molecule has 0 saturated carbocycles. The summed E-state index contributed by atoms with van der Waals surface area (Å²) >= 11 is 0. The lowest BCUT2D eigenvalue weighted by Gasteiger charge is -2.14. The molecule has 0 atom stereocenters. The lowest BCUT2D eigenvalue weighted by atomic mass is 10.0. The second-order valence-corrected chi connectivity index (χ2v) is 3.35. The predicted octanol–water partition coefficient (Wildman–Crippen LogP) is 3.01. The molecule has 0 aliphatic carbocycles. The zero-order valence-electron chi connectivity index (χ0n) is 9.26. The van der Waals surface area contributed by atoms with E-state index in [-0.39, 0.29) is 12.4 Å². The molecule has 1 aromatic carbocycles. The number of ketones is 1. The lowest BCUT2D eigenvalue weighted by Crippen LogP contribution is -2.12. The van der Waals surface area contributed by atoms with E-state index in [0.717, 1.165) is 13.0 Å². The predicted molar refractivity (Wildman–Crippen MR) is 54.3 cm³/mol. The number of rotatable bonds is 3. The van der Waals surface area contributed by atoms with Gasteiger partial charge in [-0.05, 0) is 26.0 Å². The lowest BCUT2D eigenvalue weighted by molar-refractivity contribution is -0.138. The molecule has 0 heterocycles. The summed E-state index contributed by atoms with van der Waals surface area (Å²) in [6.07, 6.45) is -4.67. The van der Waals surface area contributed by atoms with Gasteiger partial charge in [-0.3, -0.25) is 4.79 Å². The molecule has 0 bridgehead atoms. The van der Waals surface area contributed by atoms with Crippen LogP contribution < -0.4 is 4.74 Å². The summed E-state index contributed by atoms with van der Waals surface area (Å²) in [5.74, 6) is -1.54. The van der Waals surface area contributed by atoms with E-state index in [9.17, 15) is 23.1 Å². The molecule has 6 heteroatoms. The third kappa shape index (κ3) is 2.89. The number of ether oxygens (including phenoxy) is 1. The number of aromatic hydroxyl groups is 1. The first-order chi connectivity index (χ1) is 7.77. The van der Waals surface area contributed by atoms with E-state index in [1.807, 2.05) is 0 Å². The summed E-state index contributed by atoms with van der Waals surface area (Å²) in [5.41, 5.74) is -1.68. The van der Waals surface area contributed by atoms with E-state index < -0.39 is 28.8 Å². The zero-order chi connectivity index (χ0) is 13.2. The van der Waals surface area contributed by atoms with Crippen LogP contribution in [0.15, 0.2) is 12.1 Å². The molecule has 3 nitrogen and oxygen atoms in total. The highest BCUT2D eigenvalue weighted by atomic mass is 19.4. The number of phenols is 1. The van der Waals surface area contributed by atoms with Gasteiger partial charge in [0.25, 0.3) is 0 Å². The highest BCUT2D eigenvalue weighted by molar-refractivity contribution is 5.96. The fourth-order valence-corrected chi connectivity index (χ4v) is 1.37. The Hall–Kier alpha value is -1.72. The fourth-order valence-electron chi connectivity index (χ4n) is 1.37. The van der Waals surface area contributed by atoms with Gasteiger partial charge >= 0.3 is 6.18 Å². The first-order valence-electron chi connectivity index (χ1n) is 4.85. The molecule has 17 heavy (non-hydrogen) atoms. The van der Waals surface area contributed by atoms with Crippen LogP contribution in [0.4, 0.5) is 13.2 Å². The van der Waals surface area contributed by atoms with Crippen molar-refractivity contribution in [1.29, 1.82) is 0 Å². The summed E-state index contributed by atoms with van der Waals surface area (Å²) in [4.78, 5) is 11.1. The molecular weight excluding hydrogens is 237 g/mol. The third-order valence-electron chi connectivity index (χ3n) is 2.08. The Morgan fingerprint density at radius 3 is 2.41 bits per heavy atom. The van der Waals surface area contributed by atoms with Crippen molar-refractivity contribution >= 4 is 5.78 Å². The van der Waals surface area contributed by atoms with Crippen molar-refractivity contribution in [2.45, 2.75) is 20.0 Å². The monoisotopic (exact) mass is 248 g/mol. The summed E-state index contributed by atoms with van der Waals surface area (Å²) < 4.78 is 42.9. The maximum atomic E-state index is 12.7. The van der Waals surface area contributed by atoms with Crippen molar-refractivity contribution < 1.29 is 27.8 Å². The topological polar surface area (TPSA) is 46.5 Å². The van der Waals surface area contributed by atoms with E-state index in [1.54, 1.807) is 6.92 Å². The molecule has 0 saturated heterocycles. The minimum Gasteiger partial charge on any atom is -0.504 e. The van der Waals surface area contributed by atoms with Crippen molar-refractivity contribution in [3.8, 4) is 11.5 Å². The molecule has 0 radical (unpaired) electrons. The SMILES string of the molecule is CCOc1cc(C(F)(F)F)c(C(C)=O)cc1O. The van der Waals surface area contributed by atoms with Crippen molar-refractivity contribution in [3.05, 3.63) is 23.3 Å². The maximum absolute atomic E-state index is 12.7. The van der Waals surface area contributed by atoms with Crippen LogP contribution in [0.3, 0.4) is 0 Å². The highest BCUT2D eigenvalue weighted by Gasteiger charge is 2.35. The Bertz CT molecular complexity index is 438. The molecule has 1 rings (SSSR count). The number of halogens is 3. The normalized spacial score (nSPS) is 11.4. The van der Waals surface area contributed by atoms with Gasteiger partial charge in [-0.2, -0.15) is 13.2 Å². The van der Waals surface area contributed by atoms with Gasteiger partial charge in [0.1, 0.15) is 0 Å². The molecule has 0 aliphatic heterocycles.